The van der Waals surface area contributed by atoms with Gasteiger partial charge < -0.3 is 19.7 Å². The summed E-state index contributed by atoms with van der Waals surface area (Å²) in [5.41, 5.74) is 2.31. The molecule has 2 atom stereocenters. The Morgan fingerprint density at radius 3 is 1.76 bits per heavy atom. The Morgan fingerprint density at radius 1 is 0.789 bits per heavy atom. The summed E-state index contributed by atoms with van der Waals surface area (Å²) in [5.74, 6) is -2.29. The molecule has 0 aliphatic carbocycles. The zero-order valence-electron chi connectivity index (χ0n) is 20.4. The Balaban J connectivity index is 1.32. The Labute approximate surface area is 224 Å². The van der Waals surface area contributed by atoms with Crippen molar-refractivity contribution < 1.29 is 28.7 Å². The van der Waals surface area contributed by atoms with Gasteiger partial charge >= 0.3 is 11.9 Å². The van der Waals surface area contributed by atoms with E-state index in [9.17, 15) is 19.2 Å². The van der Waals surface area contributed by atoms with Crippen molar-refractivity contribution in [2.45, 2.75) is 36.6 Å². The van der Waals surface area contributed by atoms with Crippen molar-refractivity contribution in [3.8, 4) is 0 Å². The van der Waals surface area contributed by atoms with Crippen molar-refractivity contribution >= 4 is 35.5 Å². The molecule has 2 heterocycles. The fraction of sp³-hybridized carbons (Fsp3) is 0.241. The van der Waals surface area contributed by atoms with E-state index in [1.54, 1.807) is 24.3 Å². The molecular weight excluding hydrogens is 504 g/mol. The van der Waals surface area contributed by atoms with Crippen molar-refractivity contribution in [3.63, 3.8) is 0 Å². The Hall–Kier alpha value is -4.11. The van der Waals surface area contributed by atoms with Crippen molar-refractivity contribution in [2.75, 3.05) is 5.75 Å². The van der Waals surface area contributed by atoms with Crippen LogP contribution in [0.3, 0.4) is 0 Å². The van der Waals surface area contributed by atoms with E-state index in [1.807, 2.05) is 66.7 Å². The minimum Gasteiger partial charge on any atom is -0.458 e. The third-order valence-electron chi connectivity index (χ3n) is 6.53. The van der Waals surface area contributed by atoms with Gasteiger partial charge in [0.2, 0.25) is 11.8 Å². The van der Waals surface area contributed by atoms with Crippen LogP contribution >= 0.6 is 11.8 Å². The summed E-state index contributed by atoms with van der Waals surface area (Å²) in [6, 6.07) is 26.0. The van der Waals surface area contributed by atoms with Crippen molar-refractivity contribution in [3.05, 3.63) is 108 Å². The number of nitrogens with zero attached hydrogens (tertiary/aromatic N) is 1. The summed E-state index contributed by atoms with van der Waals surface area (Å²) in [7, 11) is 0. The number of benzene rings is 3. The number of carbonyl (C=O) groups is 4. The van der Waals surface area contributed by atoms with E-state index >= 15 is 0 Å². The number of ether oxygens (including phenoxy) is 2. The molecule has 9 heteroatoms. The number of fused-ring (bicyclic) bond motifs is 1. The van der Waals surface area contributed by atoms with E-state index in [0.717, 1.165) is 28.5 Å². The average molecular weight is 531 g/mol. The Kier molecular flexibility index (Phi) is 7.46. The van der Waals surface area contributed by atoms with E-state index in [-0.39, 0.29) is 31.3 Å². The molecule has 0 aromatic heterocycles. The van der Waals surface area contributed by atoms with Crippen molar-refractivity contribution in [2.24, 2.45) is 0 Å². The second kappa shape index (κ2) is 11.1. The number of thioether (sulfide) groups is 1. The molecule has 0 radical (unpaired) electrons. The summed E-state index contributed by atoms with van der Waals surface area (Å²) in [6.45, 7) is -0.115. The molecule has 2 aliphatic rings. The van der Waals surface area contributed by atoms with Gasteiger partial charge in [0.1, 0.15) is 19.3 Å². The largest absolute Gasteiger partial charge is 0.458 e. The zero-order valence-corrected chi connectivity index (χ0v) is 21.3. The molecule has 38 heavy (non-hydrogen) atoms. The number of amides is 2. The van der Waals surface area contributed by atoms with Crippen LogP contribution in [0.2, 0.25) is 0 Å². The first-order chi connectivity index (χ1) is 18.5. The Bertz CT molecular complexity index is 1260. The smallest absolute Gasteiger partial charge is 0.355 e. The molecule has 2 saturated heterocycles. The average Bonchev–Trinajstić information content (AvgIpc) is 3.32. The molecule has 2 aliphatic heterocycles. The maximum atomic E-state index is 13.5. The van der Waals surface area contributed by atoms with Crippen LogP contribution in [0.5, 0.6) is 0 Å². The van der Waals surface area contributed by atoms with Gasteiger partial charge in [0.15, 0.2) is 0 Å². The maximum Gasteiger partial charge on any atom is 0.355 e. The highest BCUT2D eigenvalue weighted by atomic mass is 32.2. The number of esters is 2. The fourth-order valence-corrected chi connectivity index (χ4v) is 6.05. The second-order valence-corrected chi connectivity index (χ2v) is 10.3. The summed E-state index contributed by atoms with van der Waals surface area (Å²) in [4.78, 5) is 52.1. The number of nitrogens with one attached hydrogen (secondary N) is 1. The lowest BCUT2D eigenvalue weighted by molar-refractivity contribution is -0.181. The lowest BCUT2D eigenvalue weighted by atomic mass is 9.93. The van der Waals surface area contributed by atoms with E-state index in [0.29, 0.717) is 0 Å². The van der Waals surface area contributed by atoms with Crippen LogP contribution in [-0.2, 0) is 48.3 Å². The molecule has 3 aromatic rings. The molecular formula is C29H26N2O6S. The molecule has 5 rings (SSSR count). The van der Waals surface area contributed by atoms with Gasteiger partial charge in [-0.25, -0.2) is 9.59 Å². The predicted octanol–water partition coefficient (Wildman–Crippen LogP) is 2.85. The SMILES string of the molecule is O=C(Cc1ccccc1)N[C@@H]1C(=O)N2[C@@H]1CSC2(C(=O)OCc1ccccc1)C(=O)OCc1ccccc1. The van der Waals surface area contributed by atoms with Crippen LogP contribution < -0.4 is 5.32 Å². The fourth-order valence-electron chi connectivity index (χ4n) is 4.58. The standard InChI is InChI=1S/C29H26N2O6S/c32-24(16-20-10-4-1-5-11-20)30-25-23-19-38-29(31(23)26(25)33,27(34)36-17-21-12-6-2-7-13-21)28(35)37-18-22-14-8-3-9-15-22/h1-15,23,25H,16-19H2,(H,30,32)/t23-,25+/m1/s1. The van der Waals surface area contributed by atoms with Crippen LogP contribution in [0, 0.1) is 0 Å². The highest BCUT2D eigenvalue weighted by Crippen LogP contribution is 2.48. The highest BCUT2D eigenvalue weighted by molar-refractivity contribution is 8.02. The van der Waals surface area contributed by atoms with Gasteiger partial charge in [-0.05, 0) is 16.7 Å². The first kappa shape index (κ1) is 25.5. The van der Waals surface area contributed by atoms with Gasteiger partial charge in [-0.2, -0.15) is 0 Å². The van der Waals surface area contributed by atoms with Crippen molar-refractivity contribution in [1.82, 2.24) is 10.2 Å². The molecule has 0 spiro atoms. The molecule has 2 amide bonds. The third-order valence-corrected chi connectivity index (χ3v) is 7.98. The molecule has 0 bridgehead atoms. The first-order valence-electron chi connectivity index (χ1n) is 12.2. The number of hydrogen-bond acceptors (Lipinski definition) is 7. The minimum absolute atomic E-state index is 0.0577. The number of hydrogen-bond donors (Lipinski definition) is 1. The maximum absolute atomic E-state index is 13.5. The molecule has 1 N–H and O–H groups in total. The van der Waals surface area contributed by atoms with E-state index in [4.69, 9.17) is 9.47 Å². The van der Waals surface area contributed by atoms with Gasteiger partial charge in [-0.15, -0.1) is 11.8 Å². The van der Waals surface area contributed by atoms with Crippen LogP contribution in [0.1, 0.15) is 16.7 Å². The van der Waals surface area contributed by atoms with E-state index in [2.05, 4.69) is 5.32 Å². The normalized spacial score (nSPS) is 19.2. The van der Waals surface area contributed by atoms with Crippen LogP contribution in [0.25, 0.3) is 0 Å². The van der Waals surface area contributed by atoms with E-state index < -0.39 is 34.8 Å². The predicted molar refractivity (Wildman–Crippen MR) is 140 cm³/mol. The molecule has 194 valence electrons. The summed E-state index contributed by atoms with van der Waals surface area (Å²) < 4.78 is 11.1. The number of β-lactam (4-membered cyclic amide) rings is 1. The van der Waals surface area contributed by atoms with Gasteiger partial charge in [0, 0.05) is 5.75 Å². The zero-order chi connectivity index (χ0) is 26.5. The van der Waals surface area contributed by atoms with Gasteiger partial charge in [0.25, 0.3) is 4.87 Å². The lowest BCUT2D eigenvalue weighted by Crippen LogP contribution is -2.76. The Morgan fingerprint density at radius 2 is 1.26 bits per heavy atom. The second-order valence-electron chi connectivity index (χ2n) is 9.06. The molecule has 2 fully saturated rings. The van der Waals surface area contributed by atoms with Gasteiger partial charge in [-0.3, -0.25) is 9.59 Å². The van der Waals surface area contributed by atoms with Gasteiger partial charge in [-0.1, -0.05) is 91.0 Å². The van der Waals surface area contributed by atoms with Crippen LogP contribution in [0.4, 0.5) is 0 Å². The third kappa shape index (κ3) is 5.02. The monoisotopic (exact) mass is 530 g/mol. The number of rotatable bonds is 9. The quantitative estimate of drug-likeness (QED) is 0.258. The molecule has 0 unspecified atom stereocenters. The van der Waals surface area contributed by atoms with Crippen LogP contribution in [-0.4, -0.2) is 51.4 Å². The topological polar surface area (TPSA) is 102 Å². The summed E-state index contributed by atoms with van der Waals surface area (Å²) in [5, 5.41) is 2.77. The molecule has 3 aromatic carbocycles. The highest BCUT2D eigenvalue weighted by Gasteiger charge is 2.70. The molecule has 8 nitrogen and oxygen atoms in total. The van der Waals surface area contributed by atoms with Crippen LogP contribution in [0.15, 0.2) is 91.0 Å². The lowest BCUT2D eigenvalue weighted by Gasteiger charge is -2.47. The van der Waals surface area contributed by atoms with E-state index in [1.165, 1.54) is 4.90 Å². The summed E-state index contributed by atoms with van der Waals surface area (Å²) in [6.07, 6.45) is 0.119. The minimum atomic E-state index is -1.98. The summed E-state index contributed by atoms with van der Waals surface area (Å²) >= 11 is 0.998. The number of carbonyl (C=O) groups excluding carboxylic acids is 4. The molecule has 0 saturated carbocycles. The van der Waals surface area contributed by atoms with Crippen molar-refractivity contribution in [1.29, 1.82) is 0 Å². The first-order valence-corrected chi connectivity index (χ1v) is 13.2. The van der Waals surface area contributed by atoms with Gasteiger partial charge in [0.05, 0.1) is 12.5 Å².